The Labute approximate surface area is 67.3 Å². The summed E-state index contributed by atoms with van der Waals surface area (Å²) in [5.74, 6) is 0. The Morgan fingerprint density at radius 3 is 2.45 bits per heavy atom. The summed E-state index contributed by atoms with van der Waals surface area (Å²) in [5.41, 5.74) is 0. The molecule has 5 heteroatoms. The van der Waals surface area contributed by atoms with Gasteiger partial charge in [0.25, 0.3) is 10.1 Å². The first-order valence-electron chi connectivity index (χ1n) is 3.52. The molecular weight excluding hydrogens is 168 g/mol. The van der Waals surface area contributed by atoms with Crippen molar-refractivity contribution in [3.63, 3.8) is 0 Å². The van der Waals surface area contributed by atoms with Crippen LogP contribution in [0.4, 0.5) is 0 Å². The molecule has 1 N–H and O–H groups in total. The summed E-state index contributed by atoms with van der Waals surface area (Å²) < 4.78 is 34.2. The Morgan fingerprint density at radius 1 is 1.55 bits per heavy atom. The molecule has 1 unspecified atom stereocenters. The zero-order valence-electron chi connectivity index (χ0n) is 6.78. The molecule has 1 atom stereocenters. The van der Waals surface area contributed by atoms with Crippen molar-refractivity contribution in [1.29, 1.82) is 0 Å². The number of hydrogen-bond donors (Lipinski definition) is 1. The lowest BCUT2D eigenvalue weighted by Gasteiger charge is -2.07. The molecule has 11 heavy (non-hydrogen) atoms. The Kier molecular flexibility index (Phi) is 4.63. The van der Waals surface area contributed by atoms with Crippen LogP contribution in [0, 0.1) is 0 Å². The molecule has 0 aromatic heterocycles. The summed E-state index contributed by atoms with van der Waals surface area (Å²) in [7, 11) is -3.91. The first-order chi connectivity index (χ1) is 4.98. The van der Waals surface area contributed by atoms with Gasteiger partial charge in [0, 0.05) is 6.61 Å². The van der Waals surface area contributed by atoms with Crippen LogP contribution in [0.25, 0.3) is 0 Å². The summed E-state index contributed by atoms with van der Waals surface area (Å²) in [4.78, 5) is 0. The largest absolute Gasteiger partial charge is 0.380 e. The van der Waals surface area contributed by atoms with E-state index >= 15 is 0 Å². The van der Waals surface area contributed by atoms with E-state index in [-0.39, 0.29) is 6.61 Å². The van der Waals surface area contributed by atoms with Crippen LogP contribution in [-0.2, 0) is 14.9 Å². The lowest BCUT2D eigenvalue weighted by Crippen LogP contribution is -2.22. The summed E-state index contributed by atoms with van der Waals surface area (Å²) in [6, 6.07) is 0. The van der Waals surface area contributed by atoms with Gasteiger partial charge in [-0.25, -0.2) is 0 Å². The molecule has 0 fully saturated rings. The van der Waals surface area contributed by atoms with Crippen molar-refractivity contribution in [3.05, 3.63) is 0 Å². The molecule has 0 saturated carbocycles. The van der Waals surface area contributed by atoms with Crippen LogP contribution in [0.3, 0.4) is 0 Å². The van der Waals surface area contributed by atoms with Crippen molar-refractivity contribution in [2.75, 3.05) is 13.2 Å². The Hall–Kier alpha value is -0.130. The molecule has 0 radical (unpaired) electrons. The van der Waals surface area contributed by atoms with E-state index in [1.807, 2.05) is 6.92 Å². The van der Waals surface area contributed by atoms with Gasteiger partial charge >= 0.3 is 0 Å². The number of hydrogen-bond acceptors (Lipinski definition) is 3. The molecule has 0 amide bonds. The van der Waals surface area contributed by atoms with Gasteiger partial charge < -0.3 is 4.74 Å². The van der Waals surface area contributed by atoms with E-state index in [2.05, 4.69) is 0 Å². The van der Waals surface area contributed by atoms with Crippen LogP contribution >= 0.6 is 0 Å². The average molecular weight is 182 g/mol. The highest BCUT2D eigenvalue weighted by atomic mass is 32.2. The van der Waals surface area contributed by atoms with E-state index in [0.29, 0.717) is 6.61 Å². The smallest absolute Gasteiger partial charge is 0.269 e. The quantitative estimate of drug-likeness (QED) is 0.502. The molecule has 0 rings (SSSR count). The van der Waals surface area contributed by atoms with E-state index in [1.165, 1.54) is 6.92 Å². The van der Waals surface area contributed by atoms with Crippen molar-refractivity contribution >= 4 is 10.1 Å². The van der Waals surface area contributed by atoms with E-state index < -0.39 is 15.4 Å². The number of ether oxygens (including phenoxy) is 1. The Bertz CT molecular complexity index is 185. The maximum Gasteiger partial charge on any atom is 0.269 e. The fraction of sp³-hybridized carbons (Fsp3) is 1.00. The highest BCUT2D eigenvalue weighted by Crippen LogP contribution is 1.97. The van der Waals surface area contributed by atoms with Crippen LogP contribution in [0.5, 0.6) is 0 Å². The summed E-state index contributed by atoms with van der Waals surface area (Å²) in [6.45, 7) is 3.93. The number of rotatable bonds is 5. The van der Waals surface area contributed by atoms with Gasteiger partial charge in [0.2, 0.25) is 0 Å². The monoisotopic (exact) mass is 182 g/mol. The molecule has 0 spiro atoms. The zero-order chi connectivity index (χ0) is 8.91. The second-order valence-corrected chi connectivity index (χ2v) is 4.24. The van der Waals surface area contributed by atoms with E-state index in [4.69, 9.17) is 9.29 Å². The van der Waals surface area contributed by atoms with Gasteiger partial charge in [-0.15, -0.1) is 0 Å². The zero-order valence-corrected chi connectivity index (χ0v) is 7.60. The lowest BCUT2D eigenvalue weighted by atomic mass is 10.5. The van der Waals surface area contributed by atoms with Crippen molar-refractivity contribution in [2.45, 2.75) is 25.5 Å². The summed E-state index contributed by atoms with van der Waals surface area (Å²) in [6.07, 6.45) is 0.845. The second-order valence-electron chi connectivity index (χ2n) is 2.40. The van der Waals surface area contributed by atoms with Gasteiger partial charge in [0.1, 0.15) is 5.25 Å². The van der Waals surface area contributed by atoms with Crippen LogP contribution in [0.15, 0.2) is 0 Å². The highest BCUT2D eigenvalue weighted by molar-refractivity contribution is 7.86. The van der Waals surface area contributed by atoms with Gasteiger partial charge in [-0.3, -0.25) is 4.55 Å². The van der Waals surface area contributed by atoms with Gasteiger partial charge in [0.15, 0.2) is 0 Å². The minimum Gasteiger partial charge on any atom is -0.380 e. The predicted octanol–water partition coefficient (Wildman–Crippen LogP) is 0.689. The maximum absolute atomic E-state index is 10.4. The molecule has 0 aliphatic carbocycles. The van der Waals surface area contributed by atoms with E-state index in [0.717, 1.165) is 6.42 Å². The molecule has 4 nitrogen and oxygen atoms in total. The molecular formula is C6H14O4S. The van der Waals surface area contributed by atoms with Crippen LogP contribution < -0.4 is 0 Å². The van der Waals surface area contributed by atoms with Crippen molar-refractivity contribution in [2.24, 2.45) is 0 Å². The fourth-order valence-electron chi connectivity index (χ4n) is 0.480. The molecule has 0 aromatic carbocycles. The van der Waals surface area contributed by atoms with Gasteiger partial charge in [-0.1, -0.05) is 6.92 Å². The van der Waals surface area contributed by atoms with Crippen LogP contribution in [0.1, 0.15) is 20.3 Å². The Balaban J connectivity index is 3.62. The third kappa shape index (κ3) is 5.17. The first kappa shape index (κ1) is 10.9. The van der Waals surface area contributed by atoms with E-state index in [9.17, 15) is 8.42 Å². The Morgan fingerprint density at radius 2 is 2.09 bits per heavy atom. The fourth-order valence-corrected chi connectivity index (χ4v) is 0.748. The molecule has 0 saturated heterocycles. The summed E-state index contributed by atoms with van der Waals surface area (Å²) in [5, 5.41) is -0.825. The van der Waals surface area contributed by atoms with E-state index in [1.54, 1.807) is 0 Å². The third-order valence-electron chi connectivity index (χ3n) is 1.21. The minimum absolute atomic E-state index is 0.0622. The van der Waals surface area contributed by atoms with Gasteiger partial charge in [0.05, 0.1) is 6.61 Å². The van der Waals surface area contributed by atoms with Gasteiger partial charge in [-0.05, 0) is 13.3 Å². The lowest BCUT2D eigenvalue weighted by molar-refractivity contribution is 0.135. The van der Waals surface area contributed by atoms with Crippen molar-refractivity contribution in [1.82, 2.24) is 0 Å². The van der Waals surface area contributed by atoms with Crippen LogP contribution in [0.2, 0.25) is 0 Å². The van der Waals surface area contributed by atoms with Crippen LogP contribution in [-0.4, -0.2) is 31.4 Å². The topological polar surface area (TPSA) is 63.6 Å². The summed E-state index contributed by atoms with van der Waals surface area (Å²) >= 11 is 0. The van der Waals surface area contributed by atoms with Gasteiger partial charge in [-0.2, -0.15) is 8.42 Å². The maximum atomic E-state index is 10.4. The molecule has 0 bridgehead atoms. The molecule has 0 heterocycles. The molecule has 0 aromatic rings. The second kappa shape index (κ2) is 4.69. The van der Waals surface area contributed by atoms with Crippen molar-refractivity contribution < 1.29 is 17.7 Å². The standard InChI is InChI=1S/C6H14O4S/c1-3-4-10-5-6(2)11(7,8)9/h6H,3-5H2,1-2H3,(H,7,8,9). The normalized spacial score (nSPS) is 14.8. The molecule has 68 valence electrons. The highest BCUT2D eigenvalue weighted by Gasteiger charge is 2.16. The first-order valence-corrected chi connectivity index (χ1v) is 5.02. The molecule has 0 aliphatic heterocycles. The predicted molar refractivity (Wildman–Crippen MR) is 42.1 cm³/mol. The van der Waals surface area contributed by atoms with Crippen molar-refractivity contribution in [3.8, 4) is 0 Å². The molecule has 0 aliphatic rings. The minimum atomic E-state index is -3.91. The average Bonchev–Trinajstić information content (AvgIpc) is 1.86. The SMILES string of the molecule is CCCOCC(C)S(=O)(=O)O. The third-order valence-corrected chi connectivity index (χ3v) is 2.36.